The van der Waals surface area contributed by atoms with Crippen molar-refractivity contribution in [3.8, 4) is 0 Å². The Hall–Kier alpha value is -0.120. The van der Waals surface area contributed by atoms with Crippen LogP contribution in [0.15, 0.2) is 0 Å². The quantitative estimate of drug-likeness (QED) is 0.659. The predicted octanol–water partition coefficient (Wildman–Crippen LogP) is 1.98. The van der Waals surface area contributed by atoms with E-state index in [0.717, 1.165) is 25.0 Å². The minimum absolute atomic E-state index is 0.827. The molecule has 0 aromatic carbocycles. The monoisotopic (exact) mass is 242 g/mol. The second-order valence-electron chi connectivity index (χ2n) is 5.66. The maximum atomic E-state index is 5.03. The van der Waals surface area contributed by atoms with Crippen LogP contribution in [0.5, 0.6) is 0 Å². The molecule has 1 heterocycles. The van der Waals surface area contributed by atoms with Crippen molar-refractivity contribution in [1.29, 1.82) is 0 Å². The van der Waals surface area contributed by atoms with Crippen LogP contribution in [0, 0.1) is 11.8 Å². The molecule has 1 N–H and O–H groups in total. The van der Waals surface area contributed by atoms with Gasteiger partial charge in [-0.1, -0.05) is 13.8 Å². The normalized spacial score (nSPS) is 19.1. The molecular formula is C14H30N2O. The van der Waals surface area contributed by atoms with E-state index < -0.39 is 0 Å². The van der Waals surface area contributed by atoms with Crippen LogP contribution in [0.4, 0.5) is 0 Å². The number of ether oxygens (including phenoxy) is 1. The first-order valence-electron chi connectivity index (χ1n) is 7.14. The van der Waals surface area contributed by atoms with Crippen LogP contribution in [0.3, 0.4) is 0 Å². The molecule has 102 valence electrons. The Labute approximate surface area is 107 Å². The van der Waals surface area contributed by atoms with Crippen molar-refractivity contribution < 1.29 is 4.74 Å². The predicted molar refractivity (Wildman–Crippen MR) is 73.4 cm³/mol. The number of nitrogens with zero attached hydrogens (tertiary/aromatic N) is 1. The SMILES string of the molecule is COCCNCC1CCN(CCC(C)C)CC1. The topological polar surface area (TPSA) is 24.5 Å². The molecule has 1 rings (SSSR count). The number of hydrogen-bond donors (Lipinski definition) is 1. The lowest BCUT2D eigenvalue weighted by atomic mass is 9.96. The lowest BCUT2D eigenvalue weighted by Crippen LogP contribution is -2.38. The van der Waals surface area contributed by atoms with Crippen LogP contribution in [-0.4, -0.2) is 51.3 Å². The molecule has 3 heteroatoms. The number of methoxy groups -OCH3 is 1. The first-order chi connectivity index (χ1) is 8.22. The minimum Gasteiger partial charge on any atom is -0.383 e. The molecule has 1 aliphatic rings. The van der Waals surface area contributed by atoms with Gasteiger partial charge in [-0.2, -0.15) is 0 Å². The molecule has 0 aromatic rings. The highest BCUT2D eigenvalue weighted by molar-refractivity contribution is 4.74. The number of piperidine rings is 1. The summed E-state index contributed by atoms with van der Waals surface area (Å²) < 4.78 is 5.03. The summed E-state index contributed by atoms with van der Waals surface area (Å²) in [6.07, 6.45) is 4.06. The van der Waals surface area contributed by atoms with Crippen molar-refractivity contribution in [2.24, 2.45) is 11.8 Å². The summed E-state index contributed by atoms with van der Waals surface area (Å²) in [4.78, 5) is 2.63. The molecule has 3 nitrogen and oxygen atoms in total. The van der Waals surface area contributed by atoms with Gasteiger partial charge in [0.2, 0.25) is 0 Å². The molecule has 0 amide bonds. The Bertz CT molecular complexity index is 177. The molecule has 0 atom stereocenters. The summed E-state index contributed by atoms with van der Waals surface area (Å²) >= 11 is 0. The molecule has 1 aliphatic heterocycles. The minimum atomic E-state index is 0.827. The van der Waals surface area contributed by atoms with Gasteiger partial charge in [-0.15, -0.1) is 0 Å². The molecule has 0 unspecified atom stereocenters. The van der Waals surface area contributed by atoms with Crippen LogP contribution in [0.1, 0.15) is 33.1 Å². The van der Waals surface area contributed by atoms with E-state index in [9.17, 15) is 0 Å². The van der Waals surface area contributed by atoms with E-state index in [4.69, 9.17) is 4.74 Å². The van der Waals surface area contributed by atoms with E-state index >= 15 is 0 Å². The molecule has 0 aliphatic carbocycles. The van der Waals surface area contributed by atoms with Gasteiger partial charge >= 0.3 is 0 Å². The number of rotatable bonds is 8. The van der Waals surface area contributed by atoms with Gasteiger partial charge in [-0.25, -0.2) is 0 Å². The van der Waals surface area contributed by atoms with Crippen molar-refractivity contribution >= 4 is 0 Å². The maximum Gasteiger partial charge on any atom is 0.0587 e. The highest BCUT2D eigenvalue weighted by Gasteiger charge is 2.18. The summed E-state index contributed by atoms with van der Waals surface area (Å²) in [7, 11) is 1.76. The van der Waals surface area contributed by atoms with Gasteiger partial charge in [0, 0.05) is 13.7 Å². The maximum absolute atomic E-state index is 5.03. The lowest BCUT2D eigenvalue weighted by molar-refractivity contribution is 0.168. The molecule has 1 fully saturated rings. The highest BCUT2D eigenvalue weighted by atomic mass is 16.5. The third kappa shape index (κ3) is 7.02. The van der Waals surface area contributed by atoms with Crippen molar-refractivity contribution in [2.45, 2.75) is 33.1 Å². The van der Waals surface area contributed by atoms with E-state index in [1.54, 1.807) is 7.11 Å². The third-order valence-electron chi connectivity index (χ3n) is 3.65. The zero-order chi connectivity index (χ0) is 12.5. The van der Waals surface area contributed by atoms with Gasteiger partial charge in [0.15, 0.2) is 0 Å². The summed E-state index contributed by atoms with van der Waals surface area (Å²) in [6, 6.07) is 0. The number of nitrogens with one attached hydrogen (secondary N) is 1. The first-order valence-corrected chi connectivity index (χ1v) is 7.14. The fourth-order valence-electron chi connectivity index (χ4n) is 2.34. The fraction of sp³-hybridized carbons (Fsp3) is 1.00. The van der Waals surface area contributed by atoms with Crippen molar-refractivity contribution in [3.63, 3.8) is 0 Å². The van der Waals surface area contributed by atoms with Crippen LogP contribution >= 0.6 is 0 Å². The van der Waals surface area contributed by atoms with Gasteiger partial charge < -0.3 is 15.0 Å². The Morgan fingerprint density at radius 3 is 2.59 bits per heavy atom. The zero-order valence-corrected chi connectivity index (χ0v) is 11.9. The average molecular weight is 242 g/mol. The summed E-state index contributed by atoms with van der Waals surface area (Å²) in [5, 5.41) is 3.48. The van der Waals surface area contributed by atoms with Crippen LogP contribution in [-0.2, 0) is 4.74 Å². The molecule has 17 heavy (non-hydrogen) atoms. The molecule has 0 radical (unpaired) electrons. The zero-order valence-electron chi connectivity index (χ0n) is 11.9. The number of hydrogen-bond acceptors (Lipinski definition) is 3. The molecule has 1 saturated heterocycles. The molecule has 0 spiro atoms. The summed E-state index contributed by atoms with van der Waals surface area (Å²) in [5.74, 6) is 1.71. The van der Waals surface area contributed by atoms with Gasteiger partial charge in [0.25, 0.3) is 0 Å². The second kappa shape index (κ2) is 8.90. The van der Waals surface area contributed by atoms with Crippen molar-refractivity contribution in [1.82, 2.24) is 10.2 Å². The molecule has 0 saturated carbocycles. The standard InChI is InChI=1S/C14H30N2O/c1-13(2)4-8-16-9-5-14(6-10-16)12-15-7-11-17-3/h13-15H,4-12H2,1-3H3. The van der Waals surface area contributed by atoms with Crippen LogP contribution < -0.4 is 5.32 Å². The second-order valence-corrected chi connectivity index (χ2v) is 5.66. The van der Waals surface area contributed by atoms with E-state index in [1.165, 1.54) is 45.4 Å². The largest absolute Gasteiger partial charge is 0.383 e. The van der Waals surface area contributed by atoms with Crippen LogP contribution in [0.25, 0.3) is 0 Å². The molecule has 0 aromatic heterocycles. The van der Waals surface area contributed by atoms with Gasteiger partial charge in [0.1, 0.15) is 0 Å². The lowest BCUT2D eigenvalue weighted by Gasteiger charge is -2.32. The molecule has 0 bridgehead atoms. The third-order valence-corrected chi connectivity index (χ3v) is 3.65. The average Bonchev–Trinajstić information content (AvgIpc) is 2.33. The smallest absolute Gasteiger partial charge is 0.0587 e. The van der Waals surface area contributed by atoms with E-state index in [2.05, 4.69) is 24.1 Å². The fourth-order valence-corrected chi connectivity index (χ4v) is 2.34. The summed E-state index contributed by atoms with van der Waals surface area (Å²) in [5.41, 5.74) is 0. The van der Waals surface area contributed by atoms with Crippen molar-refractivity contribution in [2.75, 3.05) is 46.4 Å². The van der Waals surface area contributed by atoms with Gasteiger partial charge in [0.05, 0.1) is 6.61 Å². The van der Waals surface area contributed by atoms with Gasteiger partial charge in [-0.05, 0) is 57.3 Å². The van der Waals surface area contributed by atoms with Crippen LogP contribution in [0.2, 0.25) is 0 Å². The van der Waals surface area contributed by atoms with E-state index in [-0.39, 0.29) is 0 Å². The van der Waals surface area contributed by atoms with E-state index in [1.807, 2.05) is 0 Å². The first kappa shape index (κ1) is 14.9. The Morgan fingerprint density at radius 1 is 1.29 bits per heavy atom. The molecular weight excluding hydrogens is 212 g/mol. The summed E-state index contributed by atoms with van der Waals surface area (Å²) in [6.45, 7) is 11.5. The Morgan fingerprint density at radius 2 is 2.00 bits per heavy atom. The highest BCUT2D eigenvalue weighted by Crippen LogP contribution is 2.17. The Kier molecular flexibility index (Phi) is 7.82. The van der Waals surface area contributed by atoms with E-state index in [0.29, 0.717) is 0 Å². The number of likely N-dealkylation sites (tertiary alicyclic amines) is 1. The van der Waals surface area contributed by atoms with Crippen molar-refractivity contribution in [3.05, 3.63) is 0 Å². The Balaban J connectivity index is 2.01. The van der Waals surface area contributed by atoms with Gasteiger partial charge in [-0.3, -0.25) is 0 Å².